The molecule has 2 heterocycles. The van der Waals surface area contributed by atoms with Crippen LogP contribution in [0, 0.1) is 12.3 Å². The molecule has 126 valence electrons. The van der Waals surface area contributed by atoms with Crippen molar-refractivity contribution in [3.63, 3.8) is 0 Å². The van der Waals surface area contributed by atoms with Crippen LogP contribution < -0.4 is 11.2 Å². The number of nitrogens with two attached hydrogens (primary N) is 1. The number of likely N-dealkylation sites (tertiary alicyclic amines) is 1. The number of hydrogen-bond acceptors (Lipinski definition) is 4. The van der Waals surface area contributed by atoms with Crippen LogP contribution >= 0.6 is 0 Å². The maximum absolute atomic E-state index is 12.8. The van der Waals surface area contributed by atoms with Gasteiger partial charge in [0.25, 0.3) is 5.91 Å². The molecular weight excluding hydrogens is 304 g/mol. The highest BCUT2D eigenvalue weighted by Crippen LogP contribution is 2.29. The van der Waals surface area contributed by atoms with E-state index in [1.54, 1.807) is 16.5 Å². The van der Waals surface area contributed by atoms with E-state index in [1.807, 2.05) is 30.3 Å². The van der Waals surface area contributed by atoms with E-state index in [-0.39, 0.29) is 22.4 Å². The number of carbonyl (C=O) groups excluding carboxylic acids is 1. The highest BCUT2D eigenvalue weighted by molar-refractivity contribution is 5.92. The largest absolute Gasteiger partial charge is 0.337 e. The molecule has 1 aliphatic rings. The summed E-state index contributed by atoms with van der Waals surface area (Å²) in [6.07, 6.45) is 0.841. The zero-order chi connectivity index (χ0) is 17.3. The Morgan fingerprint density at radius 1 is 1.33 bits per heavy atom. The lowest BCUT2D eigenvalue weighted by atomic mass is 9.90. The first-order valence-electron chi connectivity index (χ1n) is 8.09. The summed E-state index contributed by atoms with van der Waals surface area (Å²) in [6, 6.07) is 10.9. The van der Waals surface area contributed by atoms with E-state index in [0.29, 0.717) is 25.3 Å². The molecule has 1 aromatic carbocycles. The molecule has 0 radical (unpaired) electrons. The predicted octanol–water partition coefficient (Wildman–Crippen LogP) is 1.35. The van der Waals surface area contributed by atoms with Gasteiger partial charge in [-0.1, -0.05) is 25.1 Å². The van der Waals surface area contributed by atoms with Gasteiger partial charge in [0.1, 0.15) is 0 Å². The van der Waals surface area contributed by atoms with Crippen molar-refractivity contribution in [2.24, 2.45) is 11.1 Å². The van der Waals surface area contributed by atoms with Crippen LogP contribution in [0.2, 0.25) is 0 Å². The molecule has 2 aromatic rings. The van der Waals surface area contributed by atoms with E-state index in [0.717, 1.165) is 12.1 Å². The van der Waals surface area contributed by atoms with Crippen LogP contribution in [0.4, 0.5) is 0 Å². The third-order valence-corrected chi connectivity index (χ3v) is 4.65. The molecule has 3 rings (SSSR count). The fourth-order valence-electron chi connectivity index (χ4n) is 3.04. The lowest BCUT2D eigenvalue weighted by molar-refractivity contribution is 0.0767. The van der Waals surface area contributed by atoms with Crippen molar-refractivity contribution in [1.82, 2.24) is 14.7 Å². The van der Waals surface area contributed by atoms with Crippen molar-refractivity contribution < 1.29 is 4.79 Å². The van der Waals surface area contributed by atoms with E-state index >= 15 is 0 Å². The first kappa shape index (κ1) is 16.4. The Hall–Kier alpha value is -2.47. The number of aromatic nitrogens is 2. The van der Waals surface area contributed by atoms with Gasteiger partial charge in [-0.05, 0) is 37.4 Å². The molecule has 0 bridgehead atoms. The number of hydrogen-bond donors (Lipinski definition) is 1. The summed E-state index contributed by atoms with van der Waals surface area (Å²) < 4.78 is 1.63. The number of benzene rings is 1. The van der Waals surface area contributed by atoms with Gasteiger partial charge in [0.2, 0.25) is 5.43 Å². The van der Waals surface area contributed by atoms with Gasteiger partial charge in [-0.15, -0.1) is 0 Å². The summed E-state index contributed by atoms with van der Waals surface area (Å²) in [5, 5.41) is 4.34. The number of para-hydroxylation sites is 1. The minimum Gasteiger partial charge on any atom is -0.337 e. The van der Waals surface area contributed by atoms with Gasteiger partial charge in [0.05, 0.1) is 5.69 Å². The first-order valence-corrected chi connectivity index (χ1v) is 8.09. The summed E-state index contributed by atoms with van der Waals surface area (Å²) in [6.45, 7) is 5.55. The SMILES string of the molecule is Cc1cc(=O)c(C(=O)N2CCC(C)(CN)C2)nn1-c1ccccc1. The molecule has 1 amide bonds. The van der Waals surface area contributed by atoms with Crippen molar-refractivity contribution in [2.45, 2.75) is 20.3 Å². The lowest BCUT2D eigenvalue weighted by Gasteiger charge is -2.22. The summed E-state index contributed by atoms with van der Waals surface area (Å²) in [5.41, 5.74) is 6.84. The maximum Gasteiger partial charge on any atom is 0.278 e. The van der Waals surface area contributed by atoms with Crippen molar-refractivity contribution in [1.29, 1.82) is 0 Å². The van der Waals surface area contributed by atoms with Gasteiger partial charge < -0.3 is 10.6 Å². The molecule has 1 saturated heterocycles. The zero-order valence-corrected chi connectivity index (χ0v) is 14.0. The van der Waals surface area contributed by atoms with Crippen molar-refractivity contribution in [3.05, 3.63) is 58.0 Å². The van der Waals surface area contributed by atoms with Gasteiger partial charge in [-0.2, -0.15) is 5.10 Å². The zero-order valence-electron chi connectivity index (χ0n) is 14.0. The van der Waals surface area contributed by atoms with E-state index in [1.165, 1.54) is 6.07 Å². The molecule has 0 aliphatic carbocycles. The van der Waals surface area contributed by atoms with Crippen LogP contribution in [0.3, 0.4) is 0 Å². The molecule has 1 aromatic heterocycles. The number of aryl methyl sites for hydroxylation is 1. The minimum absolute atomic E-state index is 0.0364. The summed E-state index contributed by atoms with van der Waals surface area (Å²) in [4.78, 5) is 26.8. The maximum atomic E-state index is 12.8. The van der Waals surface area contributed by atoms with Gasteiger partial charge in [-0.3, -0.25) is 9.59 Å². The smallest absolute Gasteiger partial charge is 0.278 e. The van der Waals surface area contributed by atoms with Crippen LogP contribution in [0.1, 0.15) is 29.5 Å². The van der Waals surface area contributed by atoms with Crippen molar-refractivity contribution in [2.75, 3.05) is 19.6 Å². The first-order chi connectivity index (χ1) is 11.4. The standard InChI is InChI=1S/C18H22N4O2/c1-13-10-15(23)16(20-22(13)14-6-4-3-5-7-14)17(24)21-9-8-18(2,11-19)12-21/h3-7,10H,8-9,11-12,19H2,1-2H3. The Kier molecular flexibility index (Phi) is 4.24. The lowest BCUT2D eigenvalue weighted by Crippen LogP contribution is -2.37. The Balaban J connectivity index is 1.97. The summed E-state index contributed by atoms with van der Waals surface area (Å²) in [5.74, 6) is -0.318. The van der Waals surface area contributed by atoms with Crippen LogP contribution in [0.15, 0.2) is 41.2 Å². The van der Waals surface area contributed by atoms with Gasteiger partial charge >= 0.3 is 0 Å². The second kappa shape index (κ2) is 6.20. The van der Waals surface area contributed by atoms with Crippen LogP contribution in [-0.2, 0) is 0 Å². The minimum atomic E-state index is -0.342. The normalized spacial score (nSPS) is 20.4. The molecule has 1 fully saturated rings. The second-order valence-corrected chi connectivity index (χ2v) is 6.74. The van der Waals surface area contributed by atoms with Gasteiger partial charge in [-0.25, -0.2) is 4.68 Å². The Morgan fingerprint density at radius 3 is 2.67 bits per heavy atom. The third-order valence-electron chi connectivity index (χ3n) is 4.65. The van der Waals surface area contributed by atoms with E-state index in [2.05, 4.69) is 12.0 Å². The third kappa shape index (κ3) is 2.97. The Morgan fingerprint density at radius 2 is 2.04 bits per heavy atom. The average molecular weight is 326 g/mol. The number of carbonyl (C=O) groups is 1. The Labute approximate surface area is 140 Å². The van der Waals surface area contributed by atoms with Gasteiger partial charge in [0, 0.05) is 24.8 Å². The molecule has 0 spiro atoms. The molecule has 1 aliphatic heterocycles. The van der Waals surface area contributed by atoms with E-state index in [9.17, 15) is 9.59 Å². The van der Waals surface area contributed by atoms with E-state index in [4.69, 9.17) is 5.73 Å². The van der Waals surface area contributed by atoms with Gasteiger partial charge in [0.15, 0.2) is 5.69 Å². The topological polar surface area (TPSA) is 81.2 Å². The molecule has 2 N–H and O–H groups in total. The molecule has 1 atom stereocenters. The molecule has 6 heteroatoms. The Bertz CT molecular complexity index is 816. The monoisotopic (exact) mass is 326 g/mol. The number of amides is 1. The highest BCUT2D eigenvalue weighted by Gasteiger charge is 2.36. The second-order valence-electron chi connectivity index (χ2n) is 6.74. The average Bonchev–Trinajstić information content (AvgIpc) is 2.98. The van der Waals surface area contributed by atoms with Crippen LogP contribution in [-0.4, -0.2) is 40.2 Å². The van der Waals surface area contributed by atoms with Crippen molar-refractivity contribution >= 4 is 5.91 Å². The van der Waals surface area contributed by atoms with Crippen LogP contribution in [0.5, 0.6) is 0 Å². The molecule has 24 heavy (non-hydrogen) atoms. The predicted molar refractivity (Wildman–Crippen MR) is 92.3 cm³/mol. The fourth-order valence-corrected chi connectivity index (χ4v) is 3.04. The number of rotatable bonds is 3. The quantitative estimate of drug-likeness (QED) is 0.923. The van der Waals surface area contributed by atoms with E-state index < -0.39 is 0 Å². The number of nitrogens with zero attached hydrogens (tertiary/aromatic N) is 3. The summed E-state index contributed by atoms with van der Waals surface area (Å²) in [7, 11) is 0. The molecular formula is C18H22N4O2. The molecule has 0 saturated carbocycles. The fraction of sp³-hybridized carbons (Fsp3) is 0.389. The van der Waals surface area contributed by atoms with Crippen molar-refractivity contribution in [3.8, 4) is 5.69 Å². The van der Waals surface area contributed by atoms with Crippen LogP contribution in [0.25, 0.3) is 5.69 Å². The highest BCUT2D eigenvalue weighted by atomic mass is 16.2. The summed E-state index contributed by atoms with van der Waals surface area (Å²) >= 11 is 0. The molecule has 1 unspecified atom stereocenters. The molecule has 6 nitrogen and oxygen atoms in total.